The van der Waals surface area contributed by atoms with Gasteiger partial charge in [-0.3, -0.25) is 4.79 Å². The number of carbonyl (C=O) groups is 1. The minimum Gasteiger partial charge on any atom is -0.342 e. The van der Waals surface area contributed by atoms with Gasteiger partial charge in [-0.1, -0.05) is 18.5 Å². The van der Waals surface area contributed by atoms with Gasteiger partial charge in [0.05, 0.1) is 0 Å². The van der Waals surface area contributed by atoms with Crippen molar-refractivity contribution in [2.24, 2.45) is 0 Å². The maximum absolute atomic E-state index is 12.4. The second-order valence-corrected chi connectivity index (χ2v) is 6.00. The Kier molecular flexibility index (Phi) is 4.89. The number of hydrogen-bond acceptors (Lipinski definition) is 1. The van der Waals surface area contributed by atoms with Crippen LogP contribution in [-0.4, -0.2) is 10.5 Å². The number of nitrogens with one attached hydrogen (secondary N) is 1. The number of carbonyl (C=O) groups excluding carboxylic acids is 1. The highest BCUT2D eigenvalue weighted by atomic mass is 79.9. The summed E-state index contributed by atoms with van der Waals surface area (Å²) in [6.07, 6.45) is 2.90. The lowest BCUT2D eigenvalue weighted by Crippen LogP contribution is -2.17. The van der Waals surface area contributed by atoms with Gasteiger partial charge in [0.15, 0.2) is 0 Å². The molecule has 0 spiro atoms. The van der Waals surface area contributed by atoms with Crippen LogP contribution in [0, 0.1) is 6.92 Å². The van der Waals surface area contributed by atoms with E-state index in [9.17, 15) is 4.79 Å². The van der Waals surface area contributed by atoms with E-state index in [1.165, 1.54) is 0 Å². The molecule has 0 bridgehead atoms. The lowest BCUT2D eigenvalue weighted by molar-refractivity contribution is 0.101. The third kappa shape index (κ3) is 3.44. The molecule has 0 radical (unpaired) electrons. The van der Waals surface area contributed by atoms with Crippen molar-refractivity contribution in [3.63, 3.8) is 0 Å². The first kappa shape index (κ1) is 15.1. The second-order valence-electron chi connectivity index (χ2n) is 4.65. The number of anilines is 1. The average Bonchev–Trinajstić information content (AvgIpc) is 2.74. The zero-order valence-electron chi connectivity index (χ0n) is 11.4. The molecule has 5 heteroatoms. The number of benzene rings is 1. The number of aryl methyl sites for hydroxylation is 2. The predicted molar refractivity (Wildman–Crippen MR) is 86.6 cm³/mol. The molecule has 2 rings (SSSR count). The molecule has 1 aromatic carbocycles. The molecular weight excluding hydrogens is 340 g/mol. The molecule has 3 nitrogen and oxygen atoms in total. The molecule has 0 aliphatic carbocycles. The van der Waals surface area contributed by atoms with Crippen LogP contribution in [0.1, 0.15) is 29.4 Å². The lowest BCUT2D eigenvalue weighted by atomic mass is 10.2. The van der Waals surface area contributed by atoms with Crippen LogP contribution < -0.4 is 5.32 Å². The van der Waals surface area contributed by atoms with Crippen molar-refractivity contribution in [3.8, 4) is 0 Å². The Bertz CT molecular complexity index is 637. The fourth-order valence-corrected chi connectivity index (χ4v) is 2.74. The highest BCUT2D eigenvalue weighted by molar-refractivity contribution is 9.10. The highest BCUT2D eigenvalue weighted by Crippen LogP contribution is 2.21. The van der Waals surface area contributed by atoms with E-state index in [0.717, 1.165) is 28.7 Å². The van der Waals surface area contributed by atoms with Crippen molar-refractivity contribution in [2.75, 3.05) is 5.32 Å². The molecule has 0 aliphatic heterocycles. The van der Waals surface area contributed by atoms with Crippen LogP contribution in [0.25, 0.3) is 0 Å². The summed E-state index contributed by atoms with van der Waals surface area (Å²) in [4.78, 5) is 12.4. The van der Waals surface area contributed by atoms with E-state index in [1.807, 2.05) is 35.9 Å². The summed E-state index contributed by atoms with van der Waals surface area (Å²) in [6, 6.07) is 7.25. The third-order valence-electron chi connectivity index (χ3n) is 3.00. The summed E-state index contributed by atoms with van der Waals surface area (Å²) in [7, 11) is 0. The summed E-state index contributed by atoms with van der Waals surface area (Å²) in [5.41, 5.74) is 2.37. The SMILES string of the molecule is CCCn1cc(Br)cc1C(=O)Nc1ccc(Cl)cc1C. The zero-order valence-corrected chi connectivity index (χ0v) is 13.8. The van der Waals surface area contributed by atoms with Gasteiger partial charge >= 0.3 is 0 Å². The van der Waals surface area contributed by atoms with Crippen LogP contribution in [0.5, 0.6) is 0 Å². The minimum atomic E-state index is -0.116. The normalized spacial score (nSPS) is 10.6. The Morgan fingerprint density at radius 2 is 2.15 bits per heavy atom. The molecule has 1 aromatic heterocycles. The van der Waals surface area contributed by atoms with Gasteiger partial charge < -0.3 is 9.88 Å². The Morgan fingerprint density at radius 1 is 1.40 bits per heavy atom. The molecular formula is C15H16BrClN2O. The van der Waals surface area contributed by atoms with Crippen molar-refractivity contribution in [1.82, 2.24) is 4.57 Å². The van der Waals surface area contributed by atoms with E-state index < -0.39 is 0 Å². The van der Waals surface area contributed by atoms with Gasteiger partial charge in [-0.05, 0) is 59.1 Å². The fourth-order valence-electron chi connectivity index (χ4n) is 2.04. The van der Waals surface area contributed by atoms with Gasteiger partial charge in [0.2, 0.25) is 0 Å². The van der Waals surface area contributed by atoms with Gasteiger partial charge in [0.1, 0.15) is 5.69 Å². The lowest BCUT2D eigenvalue weighted by Gasteiger charge is -2.10. The quantitative estimate of drug-likeness (QED) is 0.833. The number of nitrogens with zero attached hydrogens (tertiary/aromatic N) is 1. The molecule has 0 aliphatic rings. The Labute approximate surface area is 132 Å². The molecule has 20 heavy (non-hydrogen) atoms. The van der Waals surface area contributed by atoms with Gasteiger partial charge in [-0.15, -0.1) is 0 Å². The van der Waals surface area contributed by atoms with Crippen LogP contribution in [0.3, 0.4) is 0 Å². The van der Waals surface area contributed by atoms with Crippen LogP contribution in [0.4, 0.5) is 5.69 Å². The summed E-state index contributed by atoms with van der Waals surface area (Å²) in [6.45, 7) is 4.81. The van der Waals surface area contributed by atoms with E-state index in [2.05, 4.69) is 28.2 Å². The van der Waals surface area contributed by atoms with E-state index in [0.29, 0.717) is 10.7 Å². The fraction of sp³-hybridized carbons (Fsp3) is 0.267. The molecule has 1 N–H and O–H groups in total. The van der Waals surface area contributed by atoms with Crippen molar-refractivity contribution in [1.29, 1.82) is 0 Å². The Balaban J connectivity index is 2.23. The largest absolute Gasteiger partial charge is 0.342 e. The molecule has 0 saturated carbocycles. The average molecular weight is 356 g/mol. The summed E-state index contributed by atoms with van der Waals surface area (Å²) in [5, 5.41) is 3.59. The topological polar surface area (TPSA) is 34.0 Å². The van der Waals surface area contributed by atoms with Crippen LogP contribution in [0.15, 0.2) is 34.9 Å². The van der Waals surface area contributed by atoms with E-state index in [1.54, 1.807) is 6.07 Å². The molecule has 1 amide bonds. The van der Waals surface area contributed by atoms with Gasteiger partial charge in [-0.25, -0.2) is 0 Å². The van der Waals surface area contributed by atoms with Crippen LogP contribution >= 0.6 is 27.5 Å². The third-order valence-corrected chi connectivity index (χ3v) is 3.67. The maximum atomic E-state index is 12.4. The highest BCUT2D eigenvalue weighted by Gasteiger charge is 2.13. The minimum absolute atomic E-state index is 0.116. The Hall–Kier alpha value is -1.26. The number of hydrogen-bond donors (Lipinski definition) is 1. The molecule has 106 valence electrons. The van der Waals surface area contributed by atoms with Crippen molar-refractivity contribution < 1.29 is 4.79 Å². The molecule has 0 atom stereocenters. The van der Waals surface area contributed by atoms with E-state index >= 15 is 0 Å². The molecule has 0 saturated heterocycles. The van der Waals surface area contributed by atoms with Crippen molar-refractivity contribution in [2.45, 2.75) is 26.8 Å². The van der Waals surface area contributed by atoms with Crippen LogP contribution in [-0.2, 0) is 6.54 Å². The number of rotatable bonds is 4. The molecule has 2 aromatic rings. The first-order chi connectivity index (χ1) is 9.51. The monoisotopic (exact) mass is 354 g/mol. The summed E-state index contributed by atoms with van der Waals surface area (Å²) >= 11 is 9.33. The number of amides is 1. The van der Waals surface area contributed by atoms with E-state index in [-0.39, 0.29) is 5.91 Å². The number of halogens is 2. The molecule has 1 heterocycles. The summed E-state index contributed by atoms with van der Waals surface area (Å²) in [5.74, 6) is -0.116. The van der Waals surface area contributed by atoms with E-state index in [4.69, 9.17) is 11.6 Å². The maximum Gasteiger partial charge on any atom is 0.272 e. The van der Waals surface area contributed by atoms with Crippen LogP contribution in [0.2, 0.25) is 5.02 Å². The standard InChI is InChI=1S/C15H16BrClN2O/c1-3-6-19-9-11(16)8-14(19)15(20)18-13-5-4-12(17)7-10(13)2/h4-5,7-9H,3,6H2,1-2H3,(H,18,20). The first-order valence-electron chi connectivity index (χ1n) is 6.44. The van der Waals surface area contributed by atoms with Crippen molar-refractivity contribution in [3.05, 3.63) is 51.2 Å². The van der Waals surface area contributed by atoms with Gasteiger partial charge in [0, 0.05) is 27.9 Å². The first-order valence-corrected chi connectivity index (χ1v) is 7.61. The van der Waals surface area contributed by atoms with Gasteiger partial charge in [-0.2, -0.15) is 0 Å². The molecule has 0 fully saturated rings. The van der Waals surface area contributed by atoms with Gasteiger partial charge in [0.25, 0.3) is 5.91 Å². The zero-order chi connectivity index (χ0) is 14.7. The molecule has 0 unspecified atom stereocenters. The van der Waals surface area contributed by atoms with Crippen molar-refractivity contribution >= 4 is 39.1 Å². The predicted octanol–water partition coefficient (Wildman–Crippen LogP) is 4.87. The smallest absolute Gasteiger partial charge is 0.272 e. The Morgan fingerprint density at radius 3 is 2.80 bits per heavy atom. The summed E-state index contributed by atoms with van der Waals surface area (Å²) < 4.78 is 2.86. The number of aromatic nitrogens is 1. The second kappa shape index (κ2) is 6.46.